The Kier molecular flexibility index (Phi) is 3.03. The Bertz CT molecular complexity index is 411. The molecular formula is C12H22N4O. The van der Waals surface area contributed by atoms with Gasteiger partial charge in [0.05, 0.1) is 17.0 Å². The van der Waals surface area contributed by atoms with Crippen LogP contribution in [0.5, 0.6) is 0 Å². The van der Waals surface area contributed by atoms with Gasteiger partial charge in [0.2, 0.25) is 0 Å². The normalized spacial score (nSPS) is 24.6. The van der Waals surface area contributed by atoms with Gasteiger partial charge in [0.25, 0.3) is 0 Å². The number of β-amino-alcohol motifs (C(OH)–C–C–N with tert-alkyl or cyclic N) is 1. The minimum absolute atomic E-state index is 0.609. The smallest absolute Gasteiger partial charge is 0.150 e. The van der Waals surface area contributed by atoms with Crippen molar-refractivity contribution in [3.05, 3.63) is 5.69 Å². The van der Waals surface area contributed by atoms with Crippen molar-refractivity contribution in [1.82, 2.24) is 9.78 Å². The number of nitrogen functional groups attached to an aromatic ring is 1. The first-order chi connectivity index (χ1) is 7.94. The molecule has 5 heteroatoms. The Morgan fingerprint density at radius 3 is 2.76 bits per heavy atom. The number of hydrogen-bond donors (Lipinski definition) is 2. The molecule has 1 atom stereocenters. The maximum Gasteiger partial charge on any atom is 0.150 e. The molecule has 0 bridgehead atoms. The third kappa shape index (κ3) is 2.24. The molecular weight excluding hydrogens is 216 g/mol. The summed E-state index contributed by atoms with van der Waals surface area (Å²) in [5.41, 5.74) is 7.28. The lowest BCUT2D eigenvalue weighted by Crippen LogP contribution is -2.30. The molecule has 5 nitrogen and oxygen atoms in total. The van der Waals surface area contributed by atoms with E-state index in [0.717, 1.165) is 43.0 Å². The van der Waals surface area contributed by atoms with E-state index in [1.54, 1.807) is 0 Å². The molecule has 17 heavy (non-hydrogen) atoms. The number of aromatic nitrogens is 2. The molecule has 0 amide bonds. The minimum atomic E-state index is -0.609. The number of nitrogens with two attached hydrogens (primary N) is 1. The maximum atomic E-state index is 10.0. The van der Waals surface area contributed by atoms with E-state index in [2.05, 4.69) is 16.9 Å². The van der Waals surface area contributed by atoms with Gasteiger partial charge in [-0.25, -0.2) is 0 Å². The summed E-state index contributed by atoms with van der Waals surface area (Å²) in [4.78, 5) is 2.13. The topological polar surface area (TPSA) is 67.3 Å². The Morgan fingerprint density at radius 1 is 1.53 bits per heavy atom. The van der Waals surface area contributed by atoms with Crippen LogP contribution in [0, 0.1) is 0 Å². The minimum Gasteiger partial charge on any atom is -0.394 e. The summed E-state index contributed by atoms with van der Waals surface area (Å²) in [6.07, 6.45) is 2.73. The molecule has 0 saturated carbocycles. The average Bonchev–Trinajstić information content (AvgIpc) is 2.69. The Hall–Kier alpha value is -1.23. The van der Waals surface area contributed by atoms with Crippen LogP contribution in [0.3, 0.4) is 0 Å². The molecule has 3 N–H and O–H groups in total. The lowest BCUT2D eigenvalue weighted by atomic mass is 10.1. The highest BCUT2D eigenvalue weighted by atomic mass is 16.3. The van der Waals surface area contributed by atoms with Crippen LogP contribution in [0.1, 0.15) is 32.4 Å². The first-order valence-corrected chi connectivity index (χ1v) is 6.23. The second-order valence-corrected chi connectivity index (χ2v) is 5.23. The summed E-state index contributed by atoms with van der Waals surface area (Å²) in [7, 11) is 1.91. The molecule has 1 fully saturated rings. The van der Waals surface area contributed by atoms with Gasteiger partial charge >= 0.3 is 0 Å². The van der Waals surface area contributed by atoms with E-state index in [1.165, 1.54) is 0 Å². The van der Waals surface area contributed by atoms with Crippen molar-refractivity contribution < 1.29 is 5.11 Å². The standard InChI is InChI=1S/C12H22N4O/c1-4-5-9-10(13)11(15(3)14-9)16-7-6-12(2,17)8-16/h17H,4-8,13H2,1-3H3. The average molecular weight is 238 g/mol. The number of aryl methyl sites for hydroxylation is 2. The van der Waals surface area contributed by atoms with Crippen molar-refractivity contribution in [2.24, 2.45) is 7.05 Å². The molecule has 1 aliphatic rings. The molecule has 0 spiro atoms. The van der Waals surface area contributed by atoms with Crippen LogP contribution in [-0.4, -0.2) is 33.6 Å². The highest BCUT2D eigenvalue weighted by Crippen LogP contribution is 2.32. The van der Waals surface area contributed by atoms with E-state index in [4.69, 9.17) is 5.73 Å². The van der Waals surface area contributed by atoms with E-state index in [9.17, 15) is 5.11 Å². The van der Waals surface area contributed by atoms with Gasteiger partial charge in [-0.15, -0.1) is 0 Å². The van der Waals surface area contributed by atoms with Crippen molar-refractivity contribution in [2.45, 2.75) is 38.7 Å². The van der Waals surface area contributed by atoms with Crippen LogP contribution in [0.25, 0.3) is 0 Å². The monoisotopic (exact) mass is 238 g/mol. The summed E-state index contributed by atoms with van der Waals surface area (Å²) >= 11 is 0. The summed E-state index contributed by atoms with van der Waals surface area (Å²) < 4.78 is 1.84. The zero-order valence-corrected chi connectivity index (χ0v) is 10.9. The SMILES string of the molecule is CCCc1nn(C)c(N2CCC(C)(O)C2)c1N. The van der Waals surface area contributed by atoms with Gasteiger partial charge in [-0.3, -0.25) is 4.68 Å². The Labute approximate surface area is 102 Å². The van der Waals surface area contributed by atoms with E-state index in [1.807, 2.05) is 18.7 Å². The second kappa shape index (κ2) is 4.22. The van der Waals surface area contributed by atoms with Gasteiger partial charge in [0.1, 0.15) is 0 Å². The zero-order valence-electron chi connectivity index (χ0n) is 10.9. The molecule has 1 saturated heterocycles. The second-order valence-electron chi connectivity index (χ2n) is 5.23. The van der Waals surface area contributed by atoms with Crippen molar-refractivity contribution >= 4 is 11.5 Å². The fourth-order valence-electron chi connectivity index (χ4n) is 2.51. The first-order valence-electron chi connectivity index (χ1n) is 6.23. The number of aliphatic hydroxyl groups is 1. The van der Waals surface area contributed by atoms with Gasteiger partial charge < -0.3 is 15.7 Å². The Balaban J connectivity index is 2.27. The summed E-state index contributed by atoms with van der Waals surface area (Å²) in [5.74, 6) is 0.950. The molecule has 2 heterocycles. The maximum absolute atomic E-state index is 10.0. The van der Waals surface area contributed by atoms with Crippen molar-refractivity contribution in [2.75, 3.05) is 23.7 Å². The van der Waals surface area contributed by atoms with Crippen LogP contribution in [-0.2, 0) is 13.5 Å². The predicted octanol–water partition coefficient (Wildman–Crippen LogP) is 0.916. The fourth-order valence-corrected chi connectivity index (χ4v) is 2.51. The Morgan fingerprint density at radius 2 is 2.24 bits per heavy atom. The molecule has 0 aromatic carbocycles. The van der Waals surface area contributed by atoms with Gasteiger partial charge in [-0.05, 0) is 19.8 Å². The third-order valence-electron chi connectivity index (χ3n) is 3.37. The molecule has 96 valence electrons. The van der Waals surface area contributed by atoms with Crippen LogP contribution in [0.4, 0.5) is 11.5 Å². The molecule has 1 aromatic rings. The van der Waals surface area contributed by atoms with E-state index >= 15 is 0 Å². The third-order valence-corrected chi connectivity index (χ3v) is 3.37. The van der Waals surface area contributed by atoms with Crippen LogP contribution >= 0.6 is 0 Å². The van der Waals surface area contributed by atoms with Crippen molar-refractivity contribution in [3.8, 4) is 0 Å². The van der Waals surface area contributed by atoms with Crippen LogP contribution in [0.2, 0.25) is 0 Å². The van der Waals surface area contributed by atoms with E-state index in [-0.39, 0.29) is 0 Å². The van der Waals surface area contributed by atoms with E-state index < -0.39 is 5.60 Å². The molecule has 2 rings (SSSR count). The summed E-state index contributed by atoms with van der Waals surface area (Å²) in [5, 5.41) is 14.5. The quantitative estimate of drug-likeness (QED) is 0.821. The largest absolute Gasteiger partial charge is 0.394 e. The highest BCUT2D eigenvalue weighted by Gasteiger charge is 2.34. The lowest BCUT2D eigenvalue weighted by Gasteiger charge is -2.21. The van der Waals surface area contributed by atoms with Crippen LogP contribution in [0.15, 0.2) is 0 Å². The number of rotatable bonds is 3. The first kappa shape index (κ1) is 12.2. The molecule has 0 radical (unpaired) electrons. The number of hydrogen-bond acceptors (Lipinski definition) is 4. The predicted molar refractivity (Wildman–Crippen MR) is 69.1 cm³/mol. The van der Waals surface area contributed by atoms with Gasteiger partial charge in [0, 0.05) is 20.1 Å². The van der Waals surface area contributed by atoms with Gasteiger partial charge in [-0.2, -0.15) is 5.10 Å². The van der Waals surface area contributed by atoms with Gasteiger partial charge in [0.15, 0.2) is 5.82 Å². The van der Waals surface area contributed by atoms with Crippen molar-refractivity contribution in [3.63, 3.8) is 0 Å². The highest BCUT2D eigenvalue weighted by molar-refractivity contribution is 5.67. The molecule has 1 unspecified atom stereocenters. The molecule has 1 aliphatic heterocycles. The lowest BCUT2D eigenvalue weighted by molar-refractivity contribution is 0.0839. The van der Waals surface area contributed by atoms with Crippen molar-refractivity contribution in [1.29, 1.82) is 0 Å². The van der Waals surface area contributed by atoms with Crippen LogP contribution < -0.4 is 10.6 Å². The van der Waals surface area contributed by atoms with E-state index in [0.29, 0.717) is 6.54 Å². The van der Waals surface area contributed by atoms with Gasteiger partial charge in [-0.1, -0.05) is 13.3 Å². The number of nitrogens with zero attached hydrogens (tertiary/aromatic N) is 3. The summed E-state index contributed by atoms with van der Waals surface area (Å²) in [6.45, 7) is 5.45. The zero-order chi connectivity index (χ0) is 12.6. The summed E-state index contributed by atoms with van der Waals surface area (Å²) in [6, 6.07) is 0. The fraction of sp³-hybridized carbons (Fsp3) is 0.750. The molecule has 1 aromatic heterocycles. The molecule has 0 aliphatic carbocycles. The number of anilines is 2.